The first-order valence-electron chi connectivity index (χ1n) is 9.90. The van der Waals surface area contributed by atoms with E-state index in [2.05, 4.69) is 15.1 Å². The number of aromatic nitrogens is 1. The van der Waals surface area contributed by atoms with Gasteiger partial charge in [0, 0.05) is 39.8 Å². The molecule has 4 aromatic rings. The number of hydrogen-bond acceptors (Lipinski definition) is 6. The number of anilines is 1. The highest BCUT2D eigenvalue weighted by atomic mass is 35.5. The third-order valence-electron chi connectivity index (χ3n) is 5.33. The highest BCUT2D eigenvalue weighted by molar-refractivity contribution is 6.31. The van der Waals surface area contributed by atoms with E-state index in [1.54, 1.807) is 6.21 Å². The molecule has 10 heteroatoms. The lowest BCUT2D eigenvalue weighted by molar-refractivity contribution is -0.393. The Bertz CT molecular complexity index is 1410. The Hall–Kier alpha value is -4.24. The average molecular weight is 464 g/mol. The molecule has 9 nitrogen and oxygen atoms in total. The van der Waals surface area contributed by atoms with Gasteiger partial charge >= 0.3 is 5.69 Å². The minimum absolute atomic E-state index is 0.0549. The Morgan fingerprint density at radius 1 is 1.03 bits per heavy atom. The van der Waals surface area contributed by atoms with Gasteiger partial charge in [-0.05, 0) is 30.7 Å². The van der Waals surface area contributed by atoms with Gasteiger partial charge in [0.1, 0.15) is 5.69 Å². The van der Waals surface area contributed by atoms with Gasteiger partial charge in [0.2, 0.25) is 0 Å². The summed E-state index contributed by atoms with van der Waals surface area (Å²) in [4.78, 5) is 20.9. The Kier molecular flexibility index (Phi) is 6.05. The minimum atomic E-state index is -0.689. The fourth-order valence-electron chi connectivity index (χ4n) is 3.67. The van der Waals surface area contributed by atoms with Crippen molar-refractivity contribution in [1.29, 1.82) is 0 Å². The third kappa shape index (κ3) is 4.39. The van der Waals surface area contributed by atoms with E-state index in [1.165, 1.54) is 12.1 Å². The number of hydrazone groups is 1. The summed E-state index contributed by atoms with van der Waals surface area (Å²) in [5.74, 6) is 0. The van der Waals surface area contributed by atoms with Gasteiger partial charge in [-0.25, -0.2) is 0 Å². The van der Waals surface area contributed by atoms with Crippen LogP contribution in [0.3, 0.4) is 0 Å². The molecule has 33 heavy (non-hydrogen) atoms. The average Bonchev–Trinajstić information content (AvgIpc) is 3.06. The number of non-ortho nitro benzene ring substituents is 1. The quantitative estimate of drug-likeness (QED) is 0.207. The van der Waals surface area contributed by atoms with Crippen LogP contribution in [0.5, 0.6) is 0 Å². The number of nitrogens with one attached hydrogen (secondary N) is 1. The highest BCUT2D eigenvalue weighted by Gasteiger charge is 2.19. The zero-order valence-corrected chi connectivity index (χ0v) is 18.2. The van der Waals surface area contributed by atoms with Crippen molar-refractivity contribution in [1.82, 2.24) is 4.57 Å². The first-order chi connectivity index (χ1) is 15.9. The van der Waals surface area contributed by atoms with Crippen LogP contribution in [0.15, 0.2) is 71.8 Å². The molecule has 0 aliphatic carbocycles. The van der Waals surface area contributed by atoms with E-state index < -0.39 is 15.5 Å². The summed E-state index contributed by atoms with van der Waals surface area (Å²) in [6.45, 7) is 2.54. The molecule has 0 unspecified atom stereocenters. The lowest BCUT2D eigenvalue weighted by atomic mass is 10.1. The Morgan fingerprint density at radius 3 is 2.48 bits per heavy atom. The van der Waals surface area contributed by atoms with Gasteiger partial charge in [-0.3, -0.25) is 25.7 Å². The largest absolute Gasteiger partial charge is 0.340 e. The second-order valence-electron chi connectivity index (χ2n) is 7.28. The molecule has 1 heterocycles. The molecule has 0 saturated carbocycles. The van der Waals surface area contributed by atoms with Gasteiger partial charge < -0.3 is 4.57 Å². The van der Waals surface area contributed by atoms with Gasteiger partial charge in [-0.1, -0.05) is 48.0 Å². The van der Waals surface area contributed by atoms with Crippen molar-refractivity contribution >= 4 is 45.8 Å². The second-order valence-corrected chi connectivity index (χ2v) is 7.69. The fourth-order valence-corrected chi connectivity index (χ4v) is 3.86. The summed E-state index contributed by atoms with van der Waals surface area (Å²) in [5.41, 5.74) is 5.66. The SMILES string of the molecule is Cc1c(/C=N\Nc2ccc([N+](=O)[O-])cc2[N+](=O)[O-])c2ccccc2n1Cc1ccccc1Cl. The molecule has 3 aromatic carbocycles. The van der Waals surface area contributed by atoms with E-state index >= 15 is 0 Å². The van der Waals surface area contributed by atoms with Gasteiger partial charge in [0.15, 0.2) is 0 Å². The lowest BCUT2D eigenvalue weighted by Gasteiger charge is -2.10. The topological polar surface area (TPSA) is 116 Å². The summed E-state index contributed by atoms with van der Waals surface area (Å²) in [6.07, 6.45) is 1.59. The van der Waals surface area contributed by atoms with Crippen molar-refractivity contribution in [3.63, 3.8) is 0 Å². The standard InChI is InChI=1S/C23H18ClN5O4/c1-15-19(13-25-26-21-11-10-17(28(30)31)12-23(21)29(32)33)18-7-3-5-9-22(18)27(15)14-16-6-2-4-8-20(16)24/h2-13,26H,14H2,1H3/b25-13-. The zero-order valence-electron chi connectivity index (χ0n) is 17.4. The van der Waals surface area contributed by atoms with Crippen LogP contribution in [0.25, 0.3) is 10.9 Å². The molecule has 1 aromatic heterocycles. The van der Waals surface area contributed by atoms with E-state index in [-0.39, 0.29) is 11.4 Å². The van der Waals surface area contributed by atoms with Crippen molar-refractivity contribution in [2.45, 2.75) is 13.5 Å². The molecular weight excluding hydrogens is 446 g/mol. The van der Waals surface area contributed by atoms with Gasteiger partial charge in [0.05, 0.1) is 22.1 Å². The normalized spacial score (nSPS) is 11.2. The number of nitro groups is 2. The van der Waals surface area contributed by atoms with Crippen LogP contribution in [0, 0.1) is 27.2 Å². The maximum atomic E-state index is 11.3. The molecule has 0 spiro atoms. The molecule has 0 aliphatic rings. The molecular formula is C23H18ClN5O4. The first kappa shape index (κ1) is 22.0. The van der Waals surface area contributed by atoms with Crippen LogP contribution < -0.4 is 5.43 Å². The van der Waals surface area contributed by atoms with Crippen molar-refractivity contribution < 1.29 is 9.85 Å². The zero-order chi connectivity index (χ0) is 23.5. The fraction of sp³-hybridized carbons (Fsp3) is 0.0870. The number of halogens is 1. The molecule has 166 valence electrons. The smallest absolute Gasteiger partial charge is 0.301 e. The molecule has 4 rings (SSSR count). The van der Waals surface area contributed by atoms with E-state index in [9.17, 15) is 20.2 Å². The molecule has 0 fully saturated rings. The molecule has 0 radical (unpaired) electrons. The van der Waals surface area contributed by atoms with Crippen LogP contribution in [0.2, 0.25) is 5.02 Å². The Morgan fingerprint density at radius 2 is 1.76 bits per heavy atom. The summed E-state index contributed by atoms with van der Waals surface area (Å²) < 4.78 is 2.13. The molecule has 0 aliphatic heterocycles. The summed E-state index contributed by atoms with van der Waals surface area (Å²) in [5, 5.41) is 28.1. The number of hydrogen-bond donors (Lipinski definition) is 1. The van der Waals surface area contributed by atoms with Gasteiger partial charge in [0.25, 0.3) is 5.69 Å². The number of nitro benzene ring substituents is 2. The number of nitrogens with zero attached hydrogens (tertiary/aromatic N) is 4. The molecule has 0 bridgehead atoms. The third-order valence-corrected chi connectivity index (χ3v) is 5.70. The minimum Gasteiger partial charge on any atom is -0.340 e. The van der Waals surface area contributed by atoms with Gasteiger partial charge in [-0.2, -0.15) is 5.10 Å². The van der Waals surface area contributed by atoms with Crippen molar-refractivity contribution in [3.05, 3.63) is 109 Å². The maximum absolute atomic E-state index is 11.3. The van der Waals surface area contributed by atoms with Crippen LogP contribution >= 0.6 is 11.6 Å². The van der Waals surface area contributed by atoms with E-state index in [4.69, 9.17) is 11.6 Å². The van der Waals surface area contributed by atoms with Crippen LogP contribution in [0.1, 0.15) is 16.8 Å². The van der Waals surface area contributed by atoms with E-state index in [0.717, 1.165) is 33.8 Å². The Balaban J connectivity index is 1.69. The van der Waals surface area contributed by atoms with Crippen LogP contribution in [0.4, 0.5) is 17.1 Å². The number of benzene rings is 3. The van der Waals surface area contributed by atoms with Crippen molar-refractivity contribution in [2.24, 2.45) is 5.10 Å². The number of fused-ring (bicyclic) bond motifs is 1. The second kappa shape index (κ2) is 9.09. The van der Waals surface area contributed by atoms with Crippen molar-refractivity contribution in [2.75, 3.05) is 5.43 Å². The molecule has 1 N–H and O–H groups in total. The van der Waals surface area contributed by atoms with E-state index in [1.807, 2.05) is 55.5 Å². The predicted octanol–water partition coefficient (Wildman–Crippen LogP) is 5.91. The summed E-state index contributed by atoms with van der Waals surface area (Å²) >= 11 is 6.36. The number of rotatable bonds is 7. The first-order valence-corrected chi connectivity index (χ1v) is 10.3. The highest BCUT2D eigenvalue weighted by Crippen LogP contribution is 2.30. The van der Waals surface area contributed by atoms with E-state index in [0.29, 0.717) is 11.6 Å². The molecule has 0 amide bonds. The summed E-state index contributed by atoms with van der Waals surface area (Å²) in [6, 6.07) is 18.8. The van der Waals surface area contributed by atoms with Crippen LogP contribution in [-0.4, -0.2) is 20.6 Å². The number of para-hydroxylation sites is 1. The monoisotopic (exact) mass is 463 g/mol. The molecule has 0 atom stereocenters. The summed E-state index contributed by atoms with van der Waals surface area (Å²) in [7, 11) is 0. The predicted molar refractivity (Wildman–Crippen MR) is 128 cm³/mol. The molecule has 0 saturated heterocycles. The van der Waals surface area contributed by atoms with Gasteiger partial charge in [-0.15, -0.1) is 0 Å². The maximum Gasteiger partial charge on any atom is 0.301 e. The van der Waals surface area contributed by atoms with Crippen molar-refractivity contribution in [3.8, 4) is 0 Å². The lowest BCUT2D eigenvalue weighted by Crippen LogP contribution is -2.03. The Labute approximate surface area is 193 Å². The van der Waals surface area contributed by atoms with Crippen LogP contribution in [-0.2, 0) is 6.54 Å².